The van der Waals surface area contributed by atoms with E-state index >= 15 is 0 Å². The maximum atomic E-state index is 13.6. The molecule has 49 heavy (non-hydrogen) atoms. The standard InChI is InChI=1S/C39H51N3O7/c1-37(2,3)35(46)48-31-21-20-28(23-32(31)49-36(47)38(4,5)6)30(43)24-41-39(7,8)25-40-33(44)29(22-26-16-12-10-13-17-26)42(9)34(45)27-18-14-11-15-19-27/h10-21,23,29-30,41,43H,22,24-25H2,1-9H3,(H,40,44)/t29-,30?/m0/s1. The van der Waals surface area contributed by atoms with Crippen molar-refractivity contribution in [3.63, 3.8) is 0 Å². The predicted octanol–water partition coefficient (Wildman–Crippen LogP) is 5.49. The lowest BCUT2D eigenvalue weighted by molar-refractivity contribution is -0.145. The van der Waals surface area contributed by atoms with E-state index in [1.807, 2.05) is 50.2 Å². The molecule has 2 amide bonds. The van der Waals surface area contributed by atoms with Gasteiger partial charge in [-0.25, -0.2) is 0 Å². The number of nitrogens with one attached hydrogen (secondary N) is 2. The quantitative estimate of drug-likeness (QED) is 0.160. The number of benzene rings is 3. The molecule has 0 aliphatic carbocycles. The van der Waals surface area contributed by atoms with Crippen molar-refractivity contribution in [3.8, 4) is 11.5 Å². The van der Waals surface area contributed by atoms with Crippen molar-refractivity contribution in [2.24, 2.45) is 10.8 Å². The number of aliphatic hydroxyl groups is 1. The Kier molecular flexibility index (Phi) is 12.9. The van der Waals surface area contributed by atoms with Gasteiger partial charge in [-0.05, 0) is 90.8 Å². The van der Waals surface area contributed by atoms with Crippen LogP contribution in [0.5, 0.6) is 11.5 Å². The second-order valence-corrected chi connectivity index (χ2v) is 15.0. The summed E-state index contributed by atoms with van der Waals surface area (Å²) in [6, 6.07) is 22.2. The summed E-state index contributed by atoms with van der Waals surface area (Å²) in [5.74, 6) is -1.49. The molecule has 0 bridgehead atoms. The Labute approximate surface area is 290 Å². The number of esters is 2. The highest BCUT2D eigenvalue weighted by atomic mass is 16.6. The minimum absolute atomic E-state index is 0.0271. The first kappa shape index (κ1) is 38.9. The summed E-state index contributed by atoms with van der Waals surface area (Å²) >= 11 is 0. The lowest BCUT2D eigenvalue weighted by Crippen LogP contribution is -2.55. The molecule has 264 valence electrons. The number of carbonyl (C=O) groups excluding carboxylic acids is 4. The second kappa shape index (κ2) is 16.2. The highest BCUT2D eigenvalue weighted by molar-refractivity contribution is 5.97. The van der Waals surface area contributed by atoms with Crippen molar-refractivity contribution in [2.75, 3.05) is 20.1 Å². The van der Waals surface area contributed by atoms with Gasteiger partial charge in [-0.15, -0.1) is 0 Å². The maximum absolute atomic E-state index is 13.6. The fraction of sp³-hybridized carbons (Fsp3) is 0.436. The van der Waals surface area contributed by atoms with Gasteiger partial charge < -0.3 is 30.1 Å². The van der Waals surface area contributed by atoms with Crippen LogP contribution in [0.2, 0.25) is 0 Å². The third-order valence-electron chi connectivity index (χ3n) is 7.84. The van der Waals surface area contributed by atoms with Crippen LogP contribution in [0.1, 0.15) is 83.0 Å². The molecule has 10 nitrogen and oxygen atoms in total. The molecule has 0 saturated heterocycles. The van der Waals surface area contributed by atoms with Crippen LogP contribution < -0.4 is 20.1 Å². The van der Waals surface area contributed by atoms with E-state index in [2.05, 4.69) is 10.6 Å². The number of hydrogen-bond donors (Lipinski definition) is 3. The Balaban J connectivity index is 1.71. The van der Waals surface area contributed by atoms with Crippen molar-refractivity contribution >= 4 is 23.8 Å². The fourth-order valence-corrected chi connectivity index (χ4v) is 4.55. The van der Waals surface area contributed by atoms with Gasteiger partial charge in [0.15, 0.2) is 11.5 Å². The minimum atomic E-state index is -1.03. The van der Waals surface area contributed by atoms with Gasteiger partial charge >= 0.3 is 11.9 Å². The zero-order valence-corrected chi connectivity index (χ0v) is 30.1. The number of rotatable bonds is 13. The van der Waals surface area contributed by atoms with E-state index in [0.29, 0.717) is 17.5 Å². The molecule has 0 spiro atoms. The Morgan fingerprint density at radius 3 is 1.84 bits per heavy atom. The zero-order valence-electron chi connectivity index (χ0n) is 30.1. The summed E-state index contributed by atoms with van der Waals surface area (Å²) in [4.78, 5) is 53.8. The monoisotopic (exact) mass is 673 g/mol. The van der Waals surface area contributed by atoms with Gasteiger partial charge in [-0.2, -0.15) is 0 Å². The fourth-order valence-electron chi connectivity index (χ4n) is 4.55. The maximum Gasteiger partial charge on any atom is 0.316 e. The highest BCUT2D eigenvalue weighted by Crippen LogP contribution is 2.34. The van der Waals surface area contributed by atoms with E-state index in [1.165, 1.54) is 17.0 Å². The minimum Gasteiger partial charge on any atom is -0.422 e. The average molecular weight is 674 g/mol. The Morgan fingerprint density at radius 1 is 0.755 bits per heavy atom. The van der Waals surface area contributed by atoms with Crippen LogP contribution in [0.15, 0.2) is 78.9 Å². The molecule has 3 aromatic rings. The summed E-state index contributed by atoms with van der Waals surface area (Å²) in [6.07, 6.45) is -0.702. The summed E-state index contributed by atoms with van der Waals surface area (Å²) in [5.41, 5.74) is -0.433. The number of ether oxygens (including phenoxy) is 2. The Hall–Kier alpha value is -4.54. The van der Waals surface area contributed by atoms with Crippen LogP contribution in [-0.4, -0.2) is 65.5 Å². The van der Waals surface area contributed by atoms with Gasteiger partial charge in [0.25, 0.3) is 5.91 Å². The molecule has 0 aliphatic heterocycles. The third kappa shape index (κ3) is 11.5. The van der Waals surface area contributed by atoms with Crippen molar-refractivity contribution in [1.29, 1.82) is 0 Å². The number of amides is 2. The van der Waals surface area contributed by atoms with Crippen LogP contribution >= 0.6 is 0 Å². The van der Waals surface area contributed by atoms with E-state index < -0.39 is 40.5 Å². The van der Waals surface area contributed by atoms with Crippen molar-refractivity contribution < 1.29 is 33.8 Å². The van der Waals surface area contributed by atoms with E-state index in [9.17, 15) is 24.3 Å². The molecule has 1 unspecified atom stereocenters. The SMILES string of the molecule is CN(C(=O)c1ccccc1)[C@@H](Cc1ccccc1)C(=O)NCC(C)(C)NCC(O)c1ccc(OC(=O)C(C)(C)C)c(OC(=O)C(C)(C)C)c1. The number of β-amino-alcohol motifs (C(OH)–C–C–N with tert-alkyl or cyclic N) is 1. The number of aliphatic hydroxyl groups excluding tert-OH is 1. The molecule has 10 heteroatoms. The third-order valence-corrected chi connectivity index (χ3v) is 7.84. The first-order valence-electron chi connectivity index (χ1n) is 16.4. The molecule has 0 radical (unpaired) electrons. The summed E-state index contributed by atoms with van der Waals surface area (Å²) < 4.78 is 11.2. The first-order chi connectivity index (χ1) is 22.8. The zero-order chi connectivity index (χ0) is 36.6. The first-order valence-corrected chi connectivity index (χ1v) is 16.4. The number of nitrogens with zero attached hydrogens (tertiary/aromatic N) is 1. The Bertz CT molecular complexity index is 1590. The van der Waals surface area contributed by atoms with Gasteiger partial charge in [-0.3, -0.25) is 19.2 Å². The molecule has 3 aromatic carbocycles. The van der Waals surface area contributed by atoms with Gasteiger partial charge in [0.2, 0.25) is 5.91 Å². The van der Waals surface area contributed by atoms with Crippen LogP contribution in [0.4, 0.5) is 0 Å². The number of carbonyl (C=O) groups is 4. The van der Waals surface area contributed by atoms with Crippen molar-refractivity contribution in [3.05, 3.63) is 95.6 Å². The molecule has 0 aliphatic rings. The predicted molar refractivity (Wildman–Crippen MR) is 189 cm³/mol. The van der Waals surface area contributed by atoms with Crippen LogP contribution in [0.3, 0.4) is 0 Å². The number of likely N-dealkylation sites (N-methyl/N-ethyl adjacent to an activating group) is 1. The summed E-state index contributed by atoms with van der Waals surface area (Å²) in [7, 11) is 1.63. The van der Waals surface area contributed by atoms with Crippen LogP contribution in [0.25, 0.3) is 0 Å². The molecule has 2 atom stereocenters. The van der Waals surface area contributed by atoms with Crippen molar-refractivity contribution in [1.82, 2.24) is 15.5 Å². The molecule has 0 saturated carbocycles. The smallest absolute Gasteiger partial charge is 0.316 e. The van der Waals surface area contributed by atoms with Gasteiger partial charge in [0, 0.05) is 37.7 Å². The van der Waals surface area contributed by atoms with Gasteiger partial charge in [-0.1, -0.05) is 54.6 Å². The van der Waals surface area contributed by atoms with Gasteiger partial charge in [0.1, 0.15) is 6.04 Å². The molecular formula is C39H51N3O7. The molecule has 3 N–H and O–H groups in total. The van der Waals surface area contributed by atoms with Crippen LogP contribution in [-0.2, 0) is 20.8 Å². The van der Waals surface area contributed by atoms with E-state index in [1.54, 1.807) is 78.9 Å². The lowest BCUT2D eigenvalue weighted by Gasteiger charge is -2.31. The van der Waals surface area contributed by atoms with Crippen molar-refractivity contribution in [2.45, 2.75) is 79.5 Å². The Morgan fingerprint density at radius 2 is 1.29 bits per heavy atom. The topological polar surface area (TPSA) is 134 Å². The largest absolute Gasteiger partial charge is 0.422 e. The van der Waals surface area contributed by atoms with E-state index in [0.717, 1.165) is 5.56 Å². The summed E-state index contributed by atoms with van der Waals surface area (Å²) in [6.45, 7) is 14.4. The summed E-state index contributed by atoms with van der Waals surface area (Å²) in [5, 5.41) is 17.4. The lowest BCUT2D eigenvalue weighted by atomic mass is 9.97. The second-order valence-electron chi connectivity index (χ2n) is 15.0. The van der Waals surface area contributed by atoms with E-state index in [4.69, 9.17) is 9.47 Å². The molecule has 0 aromatic heterocycles. The van der Waals surface area contributed by atoms with Crippen LogP contribution in [0, 0.1) is 10.8 Å². The highest BCUT2D eigenvalue weighted by Gasteiger charge is 2.31. The normalized spacial score (nSPS) is 13.2. The molecule has 0 fully saturated rings. The number of hydrogen-bond acceptors (Lipinski definition) is 8. The molecule has 3 rings (SSSR count). The average Bonchev–Trinajstić information content (AvgIpc) is 3.05. The van der Waals surface area contributed by atoms with E-state index in [-0.39, 0.29) is 36.4 Å². The molecular weight excluding hydrogens is 622 g/mol. The molecule has 0 heterocycles. The van der Waals surface area contributed by atoms with Gasteiger partial charge in [0.05, 0.1) is 16.9 Å².